The standard InChI is InChI=1S/C17H19FN2O2S.ClH/c1-10-14(11-2-4-13(18)5-3-11)6-16(23-10)17(22)20-8-12-7-19-9-15(12)21;/h2-6,12,15,19,21H,7-9H2,1H3,(H,20,22);1H. The van der Waals surface area contributed by atoms with E-state index < -0.39 is 6.10 Å². The predicted molar refractivity (Wildman–Crippen MR) is 96.4 cm³/mol. The highest BCUT2D eigenvalue weighted by atomic mass is 35.5. The minimum atomic E-state index is -0.407. The number of hydrogen-bond donors (Lipinski definition) is 3. The van der Waals surface area contributed by atoms with E-state index in [4.69, 9.17) is 0 Å². The number of hydrogen-bond acceptors (Lipinski definition) is 4. The van der Waals surface area contributed by atoms with Crippen LogP contribution in [0.15, 0.2) is 30.3 Å². The molecule has 0 radical (unpaired) electrons. The lowest BCUT2D eigenvalue weighted by atomic mass is 10.1. The second-order valence-corrected chi connectivity index (χ2v) is 7.04. The van der Waals surface area contributed by atoms with Crippen molar-refractivity contribution in [3.8, 4) is 11.1 Å². The normalized spacial score (nSPS) is 19.8. The highest BCUT2D eigenvalue weighted by Crippen LogP contribution is 2.31. The lowest BCUT2D eigenvalue weighted by molar-refractivity contribution is 0.0931. The number of carbonyl (C=O) groups excluding carboxylic acids is 1. The van der Waals surface area contributed by atoms with Crippen LogP contribution in [0.1, 0.15) is 14.5 Å². The number of aliphatic hydroxyl groups excluding tert-OH is 1. The van der Waals surface area contributed by atoms with Gasteiger partial charge in [0.05, 0.1) is 11.0 Å². The topological polar surface area (TPSA) is 61.4 Å². The van der Waals surface area contributed by atoms with Crippen molar-refractivity contribution in [2.24, 2.45) is 5.92 Å². The smallest absolute Gasteiger partial charge is 0.261 e. The van der Waals surface area contributed by atoms with Gasteiger partial charge in [0.2, 0.25) is 0 Å². The Labute approximate surface area is 150 Å². The van der Waals surface area contributed by atoms with Crippen LogP contribution in [-0.2, 0) is 0 Å². The number of nitrogens with one attached hydrogen (secondary N) is 2. The van der Waals surface area contributed by atoms with Gasteiger partial charge in [-0.05, 0) is 36.2 Å². The fourth-order valence-corrected chi connectivity index (χ4v) is 3.71. The molecule has 1 fully saturated rings. The number of thiophene rings is 1. The number of amides is 1. The minimum Gasteiger partial charge on any atom is -0.391 e. The molecule has 3 rings (SSSR count). The summed E-state index contributed by atoms with van der Waals surface area (Å²) in [6.07, 6.45) is -0.407. The summed E-state index contributed by atoms with van der Waals surface area (Å²) >= 11 is 1.42. The van der Waals surface area contributed by atoms with Gasteiger partial charge >= 0.3 is 0 Å². The van der Waals surface area contributed by atoms with Crippen LogP contribution in [0.2, 0.25) is 0 Å². The third kappa shape index (κ3) is 4.13. The summed E-state index contributed by atoms with van der Waals surface area (Å²) in [6.45, 7) is 3.69. The lowest BCUT2D eigenvalue weighted by Crippen LogP contribution is -2.34. The van der Waals surface area contributed by atoms with Crippen molar-refractivity contribution in [1.82, 2.24) is 10.6 Å². The Morgan fingerprint density at radius 2 is 2.08 bits per heavy atom. The van der Waals surface area contributed by atoms with Crippen LogP contribution in [0.25, 0.3) is 11.1 Å². The molecule has 0 aliphatic carbocycles. The molecular weight excluding hydrogens is 351 g/mol. The zero-order chi connectivity index (χ0) is 16.4. The van der Waals surface area contributed by atoms with Crippen LogP contribution in [0, 0.1) is 18.7 Å². The van der Waals surface area contributed by atoms with Gasteiger partial charge in [-0.2, -0.15) is 0 Å². The first-order valence-corrected chi connectivity index (χ1v) is 8.39. The number of aryl methyl sites for hydroxylation is 1. The number of β-amino-alcohol motifs (C(OH)–C–C–N with tert-alkyl or cyclic N) is 1. The molecule has 7 heteroatoms. The van der Waals surface area contributed by atoms with E-state index in [-0.39, 0.29) is 30.0 Å². The summed E-state index contributed by atoms with van der Waals surface area (Å²) in [6, 6.07) is 8.10. The molecule has 1 aliphatic heterocycles. The maximum Gasteiger partial charge on any atom is 0.261 e. The molecule has 0 spiro atoms. The Balaban J connectivity index is 0.00000208. The molecule has 1 saturated heterocycles. The molecule has 1 amide bonds. The molecular formula is C17H20ClFN2O2S. The molecule has 2 heterocycles. The summed E-state index contributed by atoms with van der Waals surface area (Å²) < 4.78 is 13.0. The molecule has 130 valence electrons. The first-order chi connectivity index (χ1) is 11.0. The van der Waals surface area contributed by atoms with E-state index in [2.05, 4.69) is 10.6 Å². The molecule has 4 nitrogen and oxygen atoms in total. The Kier molecular flexibility index (Phi) is 6.34. The van der Waals surface area contributed by atoms with Gasteiger partial charge in [-0.3, -0.25) is 4.79 Å². The van der Waals surface area contributed by atoms with Gasteiger partial charge in [-0.1, -0.05) is 12.1 Å². The van der Waals surface area contributed by atoms with Crippen LogP contribution in [0.4, 0.5) is 4.39 Å². The van der Waals surface area contributed by atoms with Crippen LogP contribution in [-0.4, -0.2) is 36.8 Å². The molecule has 0 bridgehead atoms. The highest BCUT2D eigenvalue weighted by Gasteiger charge is 2.25. The third-order valence-electron chi connectivity index (χ3n) is 4.13. The molecule has 1 aliphatic rings. The highest BCUT2D eigenvalue weighted by molar-refractivity contribution is 7.14. The van der Waals surface area contributed by atoms with Gasteiger partial charge in [-0.15, -0.1) is 23.7 Å². The zero-order valence-electron chi connectivity index (χ0n) is 13.2. The van der Waals surface area contributed by atoms with Gasteiger partial charge in [0.1, 0.15) is 5.82 Å². The third-order valence-corrected chi connectivity index (χ3v) is 5.18. The Hall–Kier alpha value is -1.47. The van der Waals surface area contributed by atoms with Gasteiger partial charge < -0.3 is 15.7 Å². The molecule has 0 saturated carbocycles. The van der Waals surface area contributed by atoms with Gasteiger partial charge in [0.25, 0.3) is 5.91 Å². The molecule has 2 atom stereocenters. The van der Waals surface area contributed by atoms with Crippen molar-refractivity contribution in [3.63, 3.8) is 0 Å². The lowest BCUT2D eigenvalue weighted by Gasteiger charge is -2.13. The van der Waals surface area contributed by atoms with Crippen LogP contribution >= 0.6 is 23.7 Å². The van der Waals surface area contributed by atoms with Crippen molar-refractivity contribution in [1.29, 1.82) is 0 Å². The summed E-state index contributed by atoms with van der Waals surface area (Å²) in [4.78, 5) is 13.9. The number of aliphatic hydroxyl groups is 1. The molecule has 2 unspecified atom stereocenters. The molecule has 2 aromatic rings. The van der Waals surface area contributed by atoms with Crippen molar-refractivity contribution in [2.45, 2.75) is 13.0 Å². The Bertz CT molecular complexity index is 705. The quantitative estimate of drug-likeness (QED) is 0.775. The van der Waals surface area contributed by atoms with Crippen molar-refractivity contribution < 1.29 is 14.3 Å². The number of benzene rings is 1. The average Bonchev–Trinajstić information content (AvgIpc) is 3.12. The summed E-state index contributed by atoms with van der Waals surface area (Å²) in [5.74, 6) is -0.356. The van der Waals surface area contributed by atoms with Crippen molar-refractivity contribution in [2.75, 3.05) is 19.6 Å². The SMILES string of the molecule is Cc1sc(C(=O)NCC2CNCC2O)cc1-c1ccc(F)cc1.Cl. The summed E-state index contributed by atoms with van der Waals surface area (Å²) in [7, 11) is 0. The van der Waals surface area contributed by atoms with Crippen LogP contribution in [0.5, 0.6) is 0 Å². The van der Waals surface area contributed by atoms with Gasteiger partial charge in [-0.25, -0.2) is 4.39 Å². The number of halogens is 2. The van der Waals surface area contributed by atoms with Crippen molar-refractivity contribution in [3.05, 3.63) is 45.9 Å². The van der Waals surface area contributed by atoms with Gasteiger partial charge in [0.15, 0.2) is 0 Å². The van der Waals surface area contributed by atoms with E-state index in [9.17, 15) is 14.3 Å². The number of carbonyl (C=O) groups is 1. The van der Waals surface area contributed by atoms with E-state index >= 15 is 0 Å². The monoisotopic (exact) mass is 370 g/mol. The molecule has 1 aromatic carbocycles. The van der Waals surface area contributed by atoms with E-state index in [0.717, 1.165) is 16.0 Å². The van der Waals surface area contributed by atoms with E-state index in [1.165, 1.54) is 23.5 Å². The fourth-order valence-electron chi connectivity index (χ4n) is 2.75. The Morgan fingerprint density at radius 1 is 1.38 bits per heavy atom. The van der Waals surface area contributed by atoms with E-state index in [0.29, 0.717) is 24.5 Å². The largest absolute Gasteiger partial charge is 0.391 e. The number of rotatable bonds is 4. The molecule has 3 N–H and O–H groups in total. The predicted octanol–water partition coefficient (Wildman–Crippen LogP) is 2.59. The summed E-state index contributed by atoms with van der Waals surface area (Å²) in [5.41, 5.74) is 1.84. The van der Waals surface area contributed by atoms with Crippen LogP contribution in [0.3, 0.4) is 0 Å². The molecule has 1 aromatic heterocycles. The molecule has 24 heavy (non-hydrogen) atoms. The second kappa shape index (κ2) is 8.07. The van der Waals surface area contributed by atoms with E-state index in [1.807, 2.05) is 13.0 Å². The second-order valence-electron chi connectivity index (χ2n) is 5.78. The average molecular weight is 371 g/mol. The minimum absolute atomic E-state index is 0. The fraction of sp³-hybridized carbons (Fsp3) is 0.353. The summed E-state index contributed by atoms with van der Waals surface area (Å²) in [5, 5.41) is 15.7. The van der Waals surface area contributed by atoms with Crippen molar-refractivity contribution >= 4 is 29.7 Å². The maximum atomic E-state index is 13.0. The Morgan fingerprint density at radius 3 is 2.71 bits per heavy atom. The zero-order valence-corrected chi connectivity index (χ0v) is 14.8. The maximum absolute atomic E-state index is 13.0. The van der Waals surface area contributed by atoms with Gasteiger partial charge in [0, 0.05) is 30.4 Å². The first kappa shape index (κ1) is 18.9. The first-order valence-electron chi connectivity index (χ1n) is 7.58. The van der Waals surface area contributed by atoms with Crippen LogP contribution < -0.4 is 10.6 Å². The van der Waals surface area contributed by atoms with E-state index in [1.54, 1.807) is 12.1 Å².